The van der Waals surface area contributed by atoms with Gasteiger partial charge in [0.15, 0.2) is 0 Å². The number of nitrogen functional groups attached to an aromatic ring is 1. The molecule has 0 aromatic carbocycles. The van der Waals surface area contributed by atoms with Crippen molar-refractivity contribution in [1.29, 1.82) is 0 Å². The van der Waals surface area contributed by atoms with Gasteiger partial charge in [0, 0.05) is 32.3 Å². The Labute approximate surface area is 108 Å². The molecule has 100 valence electrons. The second kappa shape index (κ2) is 5.89. The fourth-order valence-electron chi connectivity index (χ4n) is 2.60. The van der Waals surface area contributed by atoms with Gasteiger partial charge < -0.3 is 10.6 Å². The number of rotatable bonds is 6. The molecule has 5 heteroatoms. The molecular weight excluding hydrogens is 228 g/mol. The number of nitrogens with two attached hydrogens (primary N) is 1. The van der Waals surface area contributed by atoms with E-state index < -0.39 is 0 Å². The van der Waals surface area contributed by atoms with Crippen LogP contribution < -0.4 is 5.73 Å². The van der Waals surface area contributed by atoms with Gasteiger partial charge in [-0.2, -0.15) is 5.10 Å². The Bertz CT molecular complexity index is 401. The van der Waals surface area contributed by atoms with Gasteiger partial charge in [-0.1, -0.05) is 13.3 Å². The van der Waals surface area contributed by atoms with E-state index in [1.54, 1.807) is 6.07 Å². The number of carbonyl (C=O) groups excluding carboxylic acids is 1. The lowest BCUT2D eigenvalue weighted by atomic mass is 10.0. The van der Waals surface area contributed by atoms with Crippen molar-refractivity contribution in [2.24, 2.45) is 5.92 Å². The molecule has 1 aliphatic heterocycles. The standard InChI is InChI=1S/C13H22N4O/c1-2-4-11-9-13(18)16(10-11)6-3-7-17-8-5-12(14)15-17/h5,8,11H,2-4,6-7,9-10H2,1H3,(H2,14,15). The second-order valence-electron chi connectivity index (χ2n) is 5.06. The molecule has 0 saturated carbocycles. The van der Waals surface area contributed by atoms with Gasteiger partial charge in [0.05, 0.1) is 0 Å². The predicted octanol–water partition coefficient (Wildman–Crippen LogP) is 1.50. The minimum absolute atomic E-state index is 0.313. The zero-order valence-corrected chi connectivity index (χ0v) is 11.0. The molecule has 5 nitrogen and oxygen atoms in total. The highest BCUT2D eigenvalue weighted by Crippen LogP contribution is 2.22. The first-order valence-electron chi connectivity index (χ1n) is 6.75. The lowest BCUT2D eigenvalue weighted by molar-refractivity contribution is -0.127. The number of hydrogen-bond donors (Lipinski definition) is 1. The van der Waals surface area contributed by atoms with Crippen molar-refractivity contribution in [2.75, 3.05) is 18.8 Å². The zero-order valence-electron chi connectivity index (χ0n) is 11.0. The van der Waals surface area contributed by atoms with Crippen LogP contribution in [0.5, 0.6) is 0 Å². The lowest BCUT2D eigenvalue weighted by Crippen LogP contribution is -2.27. The Morgan fingerprint density at radius 3 is 3.00 bits per heavy atom. The van der Waals surface area contributed by atoms with Gasteiger partial charge in [-0.3, -0.25) is 9.48 Å². The number of amides is 1. The largest absolute Gasteiger partial charge is 0.382 e. The molecule has 0 bridgehead atoms. The third kappa shape index (κ3) is 3.24. The number of carbonyl (C=O) groups is 1. The van der Waals surface area contributed by atoms with Gasteiger partial charge in [0.25, 0.3) is 0 Å². The summed E-state index contributed by atoms with van der Waals surface area (Å²) in [6.45, 7) is 4.77. The van der Waals surface area contributed by atoms with E-state index in [2.05, 4.69) is 12.0 Å². The molecule has 2 rings (SSSR count). The Balaban J connectivity index is 1.72. The highest BCUT2D eigenvalue weighted by molar-refractivity contribution is 5.78. The van der Waals surface area contributed by atoms with Crippen LogP contribution in [-0.4, -0.2) is 33.7 Å². The quantitative estimate of drug-likeness (QED) is 0.832. The third-order valence-corrected chi connectivity index (χ3v) is 3.47. The molecule has 1 atom stereocenters. The Kier molecular flexibility index (Phi) is 4.23. The van der Waals surface area contributed by atoms with Gasteiger partial charge in [-0.05, 0) is 24.8 Å². The number of hydrogen-bond acceptors (Lipinski definition) is 3. The summed E-state index contributed by atoms with van der Waals surface area (Å²) in [7, 11) is 0. The number of anilines is 1. The van der Waals surface area contributed by atoms with E-state index in [-0.39, 0.29) is 0 Å². The van der Waals surface area contributed by atoms with Crippen molar-refractivity contribution >= 4 is 11.7 Å². The van der Waals surface area contributed by atoms with Crippen molar-refractivity contribution < 1.29 is 4.79 Å². The van der Waals surface area contributed by atoms with Gasteiger partial charge in [0.1, 0.15) is 5.82 Å². The second-order valence-corrected chi connectivity index (χ2v) is 5.06. The van der Waals surface area contributed by atoms with Crippen LogP contribution in [0.1, 0.15) is 32.6 Å². The van der Waals surface area contributed by atoms with E-state index in [0.717, 1.165) is 38.9 Å². The molecule has 1 aromatic heterocycles. The molecule has 0 spiro atoms. The molecular formula is C13H22N4O. The summed E-state index contributed by atoms with van der Waals surface area (Å²) in [5.41, 5.74) is 5.55. The van der Waals surface area contributed by atoms with E-state index in [0.29, 0.717) is 17.6 Å². The van der Waals surface area contributed by atoms with Crippen LogP contribution in [-0.2, 0) is 11.3 Å². The van der Waals surface area contributed by atoms with Crippen molar-refractivity contribution in [3.63, 3.8) is 0 Å². The van der Waals surface area contributed by atoms with Crippen LogP contribution in [0.4, 0.5) is 5.82 Å². The topological polar surface area (TPSA) is 64.2 Å². The first-order chi connectivity index (χ1) is 8.69. The highest BCUT2D eigenvalue weighted by Gasteiger charge is 2.28. The van der Waals surface area contributed by atoms with Crippen LogP contribution in [0, 0.1) is 5.92 Å². The number of likely N-dealkylation sites (tertiary alicyclic amines) is 1. The van der Waals surface area contributed by atoms with E-state index in [1.807, 2.05) is 15.8 Å². The minimum atomic E-state index is 0.313. The molecule has 0 radical (unpaired) electrons. The van der Waals surface area contributed by atoms with Crippen LogP contribution >= 0.6 is 0 Å². The summed E-state index contributed by atoms with van der Waals surface area (Å²) in [6, 6.07) is 1.79. The first-order valence-corrected chi connectivity index (χ1v) is 6.75. The summed E-state index contributed by atoms with van der Waals surface area (Å²) in [5, 5.41) is 4.13. The third-order valence-electron chi connectivity index (χ3n) is 3.47. The van der Waals surface area contributed by atoms with E-state index in [9.17, 15) is 4.79 Å². The molecule has 1 fully saturated rings. The van der Waals surface area contributed by atoms with Crippen molar-refractivity contribution in [2.45, 2.75) is 39.2 Å². The van der Waals surface area contributed by atoms with Gasteiger partial charge in [-0.15, -0.1) is 0 Å². The Hall–Kier alpha value is -1.52. The average Bonchev–Trinajstić information content (AvgIpc) is 2.87. The van der Waals surface area contributed by atoms with Crippen LogP contribution in [0.2, 0.25) is 0 Å². The molecule has 1 aliphatic rings. The number of aryl methyl sites for hydroxylation is 1. The fourth-order valence-corrected chi connectivity index (χ4v) is 2.60. The molecule has 1 amide bonds. The molecule has 0 aliphatic carbocycles. The maximum absolute atomic E-state index is 11.8. The van der Waals surface area contributed by atoms with E-state index >= 15 is 0 Å². The molecule has 2 heterocycles. The number of nitrogens with zero attached hydrogens (tertiary/aromatic N) is 3. The monoisotopic (exact) mass is 250 g/mol. The summed E-state index contributed by atoms with van der Waals surface area (Å²) in [6.07, 6.45) is 5.88. The maximum Gasteiger partial charge on any atom is 0.222 e. The van der Waals surface area contributed by atoms with Crippen molar-refractivity contribution in [3.05, 3.63) is 12.3 Å². The minimum Gasteiger partial charge on any atom is -0.382 e. The molecule has 1 saturated heterocycles. The first kappa shape index (κ1) is 12.9. The van der Waals surface area contributed by atoms with Crippen LogP contribution in [0.25, 0.3) is 0 Å². The van der Waals surface area contributed by atoms with Gasteiger partial charge in [0.2, 0.25) is 5.91 Å². The lowest BCUT2D eigenvalue weighted by Gasteiger charge is -2.16. The average molecular weight is 250 g/mol. The number of aromatic nitrogens is 2. The van der Waals surface area contributed by atoms with Crippen LogP contribution in [0.3, 0.4) is 0 Å². The van der Waals surface area contributed by atoms with E-state index in [4.69, 9.17) is 5.73 Å². The molecule has 1 unspecified atom stereocenters. The zero-order chi connectivity index (χ0) is 13.0. The summed E-state index contributed by atoms with van der Waals surface area (Å²) in [5.74, 6) is 1.44. The highest BCUT2D eigenvalue weighted by atomic mass is 16.2. The van der Waals surface area contributed by atoms with Crippen LogP contribution in [0.15, 0.2) is 12.3 Å². The molecule has 1 aromatic rings. The Morgan fingerprint density at radius 2 is 2.33 bits per heavy atom. The molecule has 2 N–H and O–H groups in total. The Morgan fingerprint density at radius 1 is 1.50 bits per heavy atom. The van der Waals surface area contributed by atoms with Crippen molar-refractivity contribution in [3.8, 4) is 0 Å². The predicted molar refractivity (Wildman–Crippen MR) is 70.9 cm³/mol. The van der Waals surface area contributed by atoms with Gasteiger partial charge >= 0.3 is 0 Å². The van der Waals surface area contributed by atoms with Crippen molar-refractivity contribution in [1.82, 2.24) is 14.7 Å². The summed E-state index contributed by atoms with van der Waals surface area (Å²) < 4.78 is 1.83. The fraction of sp³-hybridized carbons (Fsp3) is 0.692. The SMILES string of the molecule is CCCC1CC(=O)N(CCCn2ccc(N)n2)C1. The van der Waals surface area contributed by atoms with E-state index in [1.165, 1.54) is 6.42 Å². The maximum atomic E-state index is 11.8. The summed E-state index contributed by atoms with van der Waals surface area (Å²) in [4.78, 5) is 13.8. The smallest absolute Gasteiger partial charge is 0.222 e. The molecule has 18 heavy (non-hydrogen) atoms. The van der Waals surface area contributed by atoms with Gasteiger partial charge in [-0.25, -0.2) is 0 Å². The summed E-state index contributed by atoms with van der Waals surface area (Å²) >= 11 is 0. The normalized spacial score (nSPS) is 19.7.